The number of hydrogen-bond donors (Lipinski definition) is 2. The Morgan fingerprint density at radius 2 is 2.33 bits per heavy atom. The van der Waals surface area contributed by atoms with E-state index >= 15 is 0 Å². The van der Waals surface area contributed by atoms with Crippen molar-refractivity contribution in [3.63, 3.8) is 0 Å². The first-order valence-corrected chi connectivity index (χ1v) is 6.07. The lowest BCUT2D eigenvalue weighted by atomic mass is 10.1. The quantitative estimate of drug-likeness (QED) is 0.867. The molecule has 0 saturated heterocycles. The molecule has 1 aliphatic rings. The molecule has 0 saturated carbocycles. The van der Waals surface area contributed by atoms with Gasteiger partial charge in [-0.05, 0) is 24.6 Å². The SMILES string of the molecule is CC(CN)CNC(=O)c1cc(Cl)c2c(c1)OCO2. The maximum absolute atomic E-state index is 11.9. The second-order valence-corrected chi connectivity index (χ2v) is 4.65. The standard InChI is InChI=1S/C12H15ClN2O3/c1-7(4-14)5-15-12(16)8-2-9(13)11-10(3-8)17-6-18-11/h2-3,7H,4-6,14H2,1H3,(H,15,16). The maximum atomic E-state index is 11.9. The van der Waals surface area contributed by atoms with E-state index in [1.807, 2.05) is 6.92 Å². The second-order valence-electron chi connectivity index (χ2n) is 4.24. The molecule has 3 N–H and O–H groups in total. The number of carbonyl (C=O) groups excluding carboxylic acids is 1. The first-order valence-electron chi connectivity index (χ1n) is 5.69. The summed E-state index contributed by atoms with van der Waals surface area (Å²) < 4.78 is 10.4. The smallest absolute Gasteiger partial charge is 0.251 e. The monoisotopic (exact) mass is 270 g/mol. The molecule has 18 heavy (non-hydrogen) atoms. The molecule has 1 heterocycles. The molecule has 0 aliphatic carbocycles. The molecule has 1 aromatic rings. The van der Waals surface area contributed by atoms with Crippen LogP contribution in [0.3, 0.4) is 0 Å². The molecule has 2 rings (SSSR count). The van der Waals surface area contributed by atoms with E-state index in [-0.39, 0.29) is 18.6 Å². The van der Waals surface area contributed by atoms with Gasteiger partial charge in [0.25, 0.3) is 5.91 Å². The van der Waals surface area contributed by atoms with Crippen molar-refractivity contribution in [2.24, 2.45) is 11.7 Å². The summed E-state index contributed by atoms with van der Waals surface area (Å²) in [4.78, 5) is 11.9. The van der Waals surface area contributed by atoms with Crippen LogP contribution in [-0.2, 0) is 0 Å². The number of hydrogen-bond acceptors (Lipinski definition) is 4. The molecule has 5 nitrogen and oxygen atoms in total. The van der Waals surface area contributed by atoms with Crippen LogP contribution in [0.25, 0.3) is 0 Å². The molecule has 1 atom stereocenters. The lowest BCUT2D eigenvalue weighted by Crippen LogP contribution is -2.31. The minimum atomic E-state index is -0.199. The van der Waals surface area contributed by atoms with E-state index in [1.54, 1.807) is 12.1 Å². The molecule has 1 amide bonds. The second kappa shape index (κ2) is 5.46. The molecule has 0 fully saturated rings. The summed E-state index contributed by atoms with van der Waals surface area (Å²) in [5.41, 5.74) is 5.94. The van der Waals surface area contributed by atoms with Crippen LogP contribution in [0.2, 0.25) is 5.02 Å². The Morgan fingerprint density at radius 1 is 1.56 bits per heavy atom. The molecule has 0 aromatic heterocycles. The fraction of sp³-hybridized carbons (Fsp3) is 0.417. The van der Waals surface area contributed by atoms with Crippen molar-refractivity contribution in [2.45, 2.75) is 6.92 Å². The largest absolute Gasteiger partial charge is 0.454 e. The van der Waals surface area contributed by atoms with Crippen molar-refractivity contribution in [1.82, 2.24) is 5.32 Å². The van der Waals surface area contributed by atoms with Gasteiger partial charge in [0.1, 0.15) is 0 Å². The number of ether oxygens (including phenoxy) is 2. The van der Waals surface area contributed by atoms with Crippen LogP contribution in [0.4, 0.5) is 0 Å². The molecule has 6 heteroatoms. The number of halogens is 1. The van der Waals surface area contributed by atoms with Crippen molar-refractivity contribution >= 4 is 17.5 Å². The highest BCUT2D eigenvalue weighted by Crippen LogP contribution is 2.39. The van der Waals surface area contributed by atoms with Crippen LogP contribution in [0.1, 0.15) is 17.3 Å². The van der Waals surface area contributed by atoms with Gasteiger partial charge in [-0.2, -0.15) is 0 Å². The summed E-state index contributed by atoms with van der Waals surface area (Å²) in [6, 6.07) is 3.19. The van der Waals surface area contributed by atoms with E-state index in [0.29, 0.717) is 35.2 Å². The number of carbonyl (C=O) groups is 1. The molecule has 0 bridgehead atoms. The van der Waals surface area contributed by atoms with Crippen molar-refractivity contribution in [3.05, 3.63) is 22.7 Å². The third-order valence-electron chi connectivity index (χ3n) is 2.70. The number of benzene rings is 1. The Hall–Kier alpha value is -1.46. The minimum absolute atomic E-state index is 0.129. The highest BCUT2D eigenvalue weighted by molar-refractivity contribution is 6.32. The average molecular weight is 271 g/mol. The van der Waals surface area contributed by atoms with Crippen LogP contribution in [0, 0.1) is 5.92 Å². The fourth-order valence-electron chi connectivity index (χ4n) is 1.55. The van der Waals surface area contributed by atoms with E-state index in [2.05, 4.69) is 5.32 Å². The predicted octanol–water partition coefficient (Wildman–Crippen LogP) is 1.39. The summed E-state index contributed by atoms with van der Waals surface area (Å²) >= 11 is 6.00. The highest BCUT2D eigenvalue weighted by atomic mass is 35.5. The van der Waals surface area contributed by atoms with Crippen LogP contribution in [-0.4, -0.2) is 25.8 Å². The normalized spacial score (nSPS) is 14.4. The van der Waals surface area contributed by atoms with Gasteiger partial charge in [-0.15, -0.1) is 0 Å². The van der Waals surface area contributed by atoms with E-state index in [0.717, 1.165) is 0 Å². The lowest BCUT2D eigenvalue weighted by Gasteiger charge is -2.10. The topological polar surface area (TPSA) is 73.6 Å². The summed E-state index contributed by atoms with van der Waals surface area (Å²) in [7, 11) is 0. The van der Waals surface area contributed by atoms with E-state index < -0.39 is 0 Å². The molecule has 1 aromatic carbocycles. The predicted molar refractivity (Wildman–Crippen MR) is 68.1 cm³/mol. The van der Waals surface area contributed by atoms with Gasteiger partial charge in [0.2, 0.25) is 6.79 Å². The Labute approximate surface area is 110 Å². The van der Waals surface area contributed by atoms with Gasteiger partial charge in [0.15, 0.2) is 11.5 Å². The molecule has 1 aliphatic heterocycles. The van der Waals surface area contributed by atoms with Gasteiger partial charge in [0.05, 0.1) is 5.02 Å². The van der Waals surface area contributed by atoms with Crippen molar-refractivity contribution in [3.8, 4) is 11.5 Å². The first-order chi connectivity index (χ1) is 8.61. The van der Waals surface area contributed by atoms with Crippen LogP contribution < -0.4 is 20.5 Å². The van der Waals surface area contributed by atoms with Crippen molar-refractivity contribution in [2.75, 3.05) is 19.9 Å². The summed E-state index contributed by atoms with van der Waals surface area (Å²) in [6.07, 6.45) is 0. The zero-order valence-corrected chi connectivity index (χ0v) is 10.8. The fourth-order valence-corrected chi connectivity index (χ4v) is 1.82. The zero-order valence-electron chi connectivity index (χ0n) is 10.0. The van der Waals surface area contributed by atoms with E-state index in [1.165, 1.54) is 0 Å². The molecule has 1 unspecified atom stereocenters. The molecule has 0 radical (unpaired) electrons. The van der Waals surface area contributed by atoms with Gasteiger partial charge < -0.3 is 20.5 Å². The van der Waals surface area contributed by atoms with Gasteiger partial charge in [-0.1, -0.05) is 18.5 Å². The lowest BCUT2D eigenvalue weighted by molar-refractivity contribution is 0.0948. The van der Waals surface area contributed by atoms with Crippen LogP contribution in [0.15, 0.2) is 12.1 Å². The van der Waals surface area contributed by atoms with Crippen molar-refractivity contribution < 1.29 is 14.3 Å². The average Bonchev–Trinajstić information content (AvgIpc) is 2.84. The highest BCUT2D eigenvalue weighted by Gasteiger charge is 2.20. The number of nitrogens with two attached hydrogens (primary N) is 1. The number of nitrogens with one attached hydrogen (secondary N) is 1. The van der Waals surface area contributed by atoms with Crippen molar-refractivity contribution in [1.29, 1.82) is 0 Å². The van der Waals surface area contributed by atoms with E-state index in [9.17, 15) is 4.79 Å². The summed E-state index contributed by atoms with van der Waals surface area (Å²) in [6.45, 7) is 3.15. The number of fused-ring (bicyclic) bond motifs is 1. The Bertz CT molecular complexity index is 465. The Kier molecular flexibility index (Phi) is 3.93. The maximum Gasteiger partial charge on any atom is 0.251 e. The Balaban J connectivity index is 2.09. The third-order valence-corrected chi connectivity index (χ3v) is 2.98. The summed E-state index contributed by atoms with van der Waals surface area (Å²) in [5.74, 6) is 1.02. The van der Waals surface area contributed by atoms with Crippen LogP contribution in [0.5, 0.6) is 11.5 Å². The third kappa shape index (κ3) is 2.68. The van der Waals surface area contributed by atoms with Gasteiger partial charge in [-0.3, -0.25) is 4.79 Å². The molecule has 0 spiro atoms. The molecular weight excluding hydrogens is 256 g/mol. The summed E-state index contributed by atoms with van der Waals surface area (Å²) in [5, 5.41) is 3.17. The Morgan fingerprint density at radius 3 is 3.06 bits per heavy atom. The number of rotatable bonds is 4. The molecule has 98 valence electrons. The van der Waals surface area contributed by atoms with Gasteiger partial charge >= 0.3 is 0 Å². The number of amides is 1. The first kappa shape index (κ1) is 13.0. The minimum Gasteiger partial charge on any atom is -0.454 e. The van der Waals surface area contributed by atoms with E-state index in [4.69, 9.17) is 26.8 Å². The van der Waals surface area contributed by atoms with Gasteiger partial charge in [0, 0.05) is 12.1 Å². The van der Waals surface area contributed by atoms with Gasteiger partial charge in [-0.25, -0.2) is 0 Å². The molecular formula is C12H15ClN2O3. The zero-order chi connectivity index (χ0) is 13.1. The van der Waals surface area contributed by atoms with Crippen LogP contribution >= 0.6 is 11.6 Å².